The normalized spacial score (nSPS) is 11.1. The lowest BCUT2D eigenvalue weighted by molar-refractivity contribution is -0.138. The van der Waals surface area contributed by atoms with E-state index in [4.69, 9.17) is 4.74 Å². The molecule has 0 radical (unpaired) electrons. The van der Waals surface area contributed by atoms with Crippen LogP contribution in [0.2, 0.25) is 0 Å². The van der Waals surface area contributed by atoms with Gasteiger partial charge in [0.25, 0.3) is 11.8 Å². The Bertz CT molecular complexity index is 1180. The number of amides is 1. The van der Waals surface area contributed by atoms with Crippen molar-refractivity contribution >= 4 is 17.3 Å². The highest BCUT2D eigenvalue weighted by Gasteiger charge is 2.35. The van der Waals surface area contributed by atoms with E-state index in [0.717, 1.165) is 12.1 Å². The third kappa shape index (κ3) is 4.44. The molecule has 5 nitrogen and oxygen atoms in total. The molecule has 3 aromatic carbocycles. The van der Waals surface area contributed by atoms with E-state index in [9.17, 15) is 18.0 Å². The number of aromatic nitrogens is 2. The molecule has 1 amide bonds. The van der Waals surface area contributed by atoms with E-state index in [2.05, 4.69) is 9.97 Å². The van der Waals surface area contributed by atoms with Crippen LogP contribution >= 0.6 is 0 Å². The predicted molar refractivity (Wildman–Crippen MR) is 113 cm³/mol. The molecule has 0 spiro atoms. The van der Waals surface area contributed by atoms with Crippen molar-refractivity contribution in [1.82, 2.24) is 9.97 Å². The monoisotopic (exact) mass is 435 g/mol. The Hall–Kier alpha value is -4.20. The first-order valence-electron chi connectivity index (χ1n) is 9.55. The average Bonchev–Trinajstić information content (AvgIpc) is 2.81. The number of rotatable bonds is 5. The maximum absolute atomic E-state index is 13.6. The number of carbonyl (C=O) groups is 1. The summed E-state index contributed by atoms with van der Waals surface area (Å²) in [5.74, 6) is -1.40. The van der Waals surface area contributed by atoms with Gasteiger partial charge in [0, 0.05) is 23.8 Å². The lowest BCUT2D eigenvalue weighted by atomic mass is 10.2. The summed E-state index contributed by atoms with van der Waals surface area (Å²) in [6, 6.07) is 22.4. The van der Waals surface area contributed by atoms with Gasteiger partial charge < -0.3 is 4.74 Å². The number of para-hydroxylation sites is 3. The van der Waals surface area contributed by atoms with Gasteiger partial charge in [-0.3, -0.25) is 9.69 Å². The Morgan fingerprint density at radius 2 is 1.28 bits per heavy atom. The topological polar surface area (TPSA) is 55.3 Å². The highest BCUT2D eigenvalue weighted by atomic mass is 19.4. The zero-order valence-electron chi connectivity index (χ0n) is 16.5. The molecule has 0 N–H and O–H groups in total. The standard InChI is InChI=1S/C24H16F3N3O2/c25-24(26,27)19-13-7-8-14-20(19)32-22-21(28-15-16-29-22)23(31)30(17-9-3-1-4-10-17)18-11-5-2-6-12-18/h1-16H. The van der Waals surface area contributed by atoms with Crippen molar-refractivity contribution in [2.24, 2.45) is 0 Å². The highest BCUT2D eigenvalue weighted by Crippen LogP contribution is 2.38. The van der Waals surface area contributed by atoms with E-state index in [1.165, 1.54) is 29.4 Å². The number of halogens is 3. The molecule has 0 aliphatic rings. The first-order chi connectivity index (χ1) is 15.4. The van der Waals surface area contributed by atoms with Gasteiger partial charge in [-0.05, 0) is 36.4 Å². The summed E-state index contributed by atoms with van der Waals surface area (Å²) in [4.78, 5) is 23.0. The zero-order valence-corrected chi connectivity index (χ0v) is 16.5. The van der Waals surface area contributed by atoms with Gasteiger partial charge in [0.2, 0.25) is 0 Å². The van der Waals surface area contributed by atoms with E-state index >= 15 is 0 Å². The van der Waals surface area contributed by atoms with Crippen LogP contribution in [0.15, 0.2) is 97.3 Å². The van der Waals surface area contributed by atoms with Crippen molar-refractivity contribution in [3.63, 3.8) is 0 Å². The minimum atomic E-state index is -4.64. The van der Waals surface area contributed by atoms with Gasteiger partial charge in [0.05, 0.1) is 5.56 Å². The number of carbonyl (C=O) groups excluding carboxylic acids is 1. The highest BCUT2D eigenvalue weighted by molar-refractivity contribution is 6.10. The van der Waals surface area contributed by atoms with Crippen molar-refractivity contribution in [2.75, 3.05) is 4.90 Å². The second-order valence-electron chi connectivity index (χ2n) is 6.62. The third-order valence-corrected chi connectivity index (χ3v) is 4.50. The molecule has 32 heavy (non-hydrogen) atoms. The smallest absolute Gasteiger partial charge is 0.419 e. The second kappa shape index (κ2) is 8.89. The van der Waals surface area contributed by atoms with Crippen molar-refractivity contribution in [1.29, 1.82) is 0 Å². The molecule has 0 bridgehead atoms. The van der Waals surface area contributed by atoms with E-state index in [-0.39, 0.29) is 11.6 Å². The molecule has 0 saturated heterocycles. The number of alkyl halides is 3. The number of nitrogens with zero attached hydrogens (tertiary/aromatic N) is 3. The quantitative estimate of drug-likeness (QED) is 0.371. The maximum atomic E-state index is 13.6. The predicted octanol–water partition coefficient (Wildman–Crippen LogP) is 6.27. The summed E-state index contributed by atoms with van der Waals surface area (Å²) >= 11 is 0. The number of ether oxygens (including phenoxy) is 1. The van der Waals surface area contributed by atoms with Gasteiger partial charge in [-0.2, -0.15) is 13.2 Å². The molecule has 4 aromatic rings. The Balaban J connectivity index is 1.77. The third-order valence-electron chi connectivity index (χ3n) is 4.50. The van der Waals surface area contributed by atoms with E-state index in [1.807, 2.05) is 12.1 Å². The first kappa shape index (κ1) is 21.0. The number of hydrogen-bond donors (Lipinski definition) is 0. The van der Waals surface area contributed by atoms with Crippen LogP contribution in [-0.4, -0.2) is 15.9 Å². The zero-order chi connectivity index (χ0) is 22.6. The second-order valence-corrected chi connectivity index (χ2v) is 6.62. The number of benzene rings is 3. The Kier molecular flexibility index (Phi) is 5.85. The Morgan fingerprint density at radius 1 is 0.750 bits per heavy atom. The molecule has 0 fully saturated rings. The lowest BCUT2D eigenvalue weighted by Gasteiger charge is -2.23. The van der Waals surface area contributed by atoms with Crippen LogP contribution in [0.4, 0.5) is 24.5 Å². The van der Waals surface area contributed by atoms with Crippen molar-refractivity contribution < 1.29 is 22.7 Å². The average molecular weight is 435 g/mol. The van der Waals surface area contributed by atoms with Crippen LogP contribution in [0.3, 0.4) is 0 Å². The first-order valence-corrected chi connectivity index (χ1v) is 9.55. The molecule has 0 atom stereocenters. The van der Waals surface area contributed by atoms with Crippen LogP contribution in [0.5, 0.6) is 11.6 Å². The Labute approximate surface area is 181 Å². The summed E-state index contributed by atoms with van der Waals surface area (Å²) in [7, 11) is 0. The molecular weight excluding hydrogens is 419 g/mol. The minimum absolute atomic E-state index is 0.225. The molecule has 1 heterocycles. The number of anilines is 2. The van der Waals surface area contributed by atoms with Gasteiger partial charge in [-0.25, -0.2) is 9.97 Å². The molecule has 4 rings (SSSR count). The lowest BCUT2D eigenvalue weighted by Crippen LogP contribution is -2.27. The molecule has 1 aromatic heterocycles. The molecule has 0 aliphatic heterocycles. The van der Waals surface area contributed by atoms with Crippen molar-refractivity contribution in [3.8, 4) is 11.6 Å². The van der Waals surface area contributed by atoms with E-state index in [0.29, 0.717) is 11.4 Å². The van der Waals surface area contributed by atoms with Crippen molar-refractivity contribution in [3.05, 3.63) is 109 Å². The summed E-state index contributed by atoms with van der Waals surface area (Å²) < 4.78 is 45.6. The molecule has 8 heteroatoms. The molecular formula is C24H16F3N3O2. The van der Waals surface area contributed by atoms with Crippen LogP contribution in [0, 0.1) is 0 Å². The summed E-state index contributed by atoms with van der Waals surface area (Å²) in [6.45, 7) is 0. The fourth-order valence-corrected chi connectivity index (χ4v) is 3.08. The summed E-state index contributed by atoms with van der Waals surface area (Å²) in [5, 5.41) is 0. The van der Waals surface area contributed by atoms with Gasteiger partial charge in [-0.1, -0.05) is 48.5 Å². The van der Waals surface area contributed by atoms with Gasteiger partial charge >= 0.3 is 6.18 Å². The minimum Gasteiger partial charge on any atom is -0.436 e. The van der Waals surface area contributed by atoms with Crippen molar-refractivity contribution in [2.45, 2.75) is 6.18 Å². The van der Waals surface area contributed by atoms with E-state index in [1.54, 1.807) is 48.5 Å². The molecule has 0 aliphatic carbocycles. The largest absolute Gasteiger partial charge is 0.436 e. The van der Waals surface area contributed by atoms with Crippen LogP contribution in [0.1, 0.15) is 16.1 Å². The molecule has 160 valence electrons. The molecule has 0 saturated carbocycles. The summed E-state index contributed by atoms with van der Waals surface area (Å²) in [5.41, 5.74) is -0.101. The van der Waals surface area contributed by atoms with Crippen LogP contribution < -0.4 is 9.64 Å². The van der Waals surface area contributed by atoms with Crippen LogP contribution in [0.25, 0.3) is 0 Å². The van der Waals surface area contributed by atoms with Gasteiger partial charge in [0.1, 0.15) is 5.75 Å². The van der Waals surface area contributed by atoms with Gasteiger partial charge in [-0.15, -0.1) is 0 Å². The number of hydrogen-bond acceptors (Lipinski definition) is 4. The molecule has 0 unspecified atom stereocenters. The van der Waals surface area contributed by atoms with Crippen LogP contribution in [-0.2, 0) is 6.18 Å². The van der Waals surface area contributed by atoms with E-state index < -0.39 is 23.4 Å². The fourth-order valence-electron chi connectivity index (χ4n) is 3.08. The maximum Gasteiger partial charge on any atom is 0.419 e. The summed E-state index contributed by atoms with van der Waals surface area (Å²) in [6.07, 6.45) is -2.11. The van der Waals surface area contributed by atoms with Gasteiger partial charge in [0.15, 0.2) is 5.69 Å². The Morgan fingerprint density at radius 3 is 1.88 bits per heavy atom. The fraction of sp³-hybridized carbons (Fsp3) is 0.0417. The SMILES string of the molecule is O=C(c1nccnc1Oc1ccccc1C(F)(F)F)N(c1ccccc1)c1ccccc1.